The van der Waals surface area contributed by atoms with Crippen LogP contribution in [-0.2, 0) is 14.3 Å². The second kappa shape index (κ2) is 9.92. The van der Waals surface area contributed by atoms with Gasteiger partial charge in [-0.05, 0) is 24.6 Å². The van der Waals surface area contributed by atoms with Crippen LogP contribution < -0.4 is 5.32 Å². The lowest BCUT2D eigenvalue weighted by Crippen LogP contribution is -2.39. The Morgan fingerprint density at radius 3 is 2.52 bits per heavy atom. The van der Waals surface area contributed by atoms with Crippen molar-refractivity contribution in [3.8, 4) is 0 Å². The number of hydrogen-bond donors (Lipinski definition) is 1. The molecule has 0 spiro atoms. The summed E-state index contributed by atoms with van der Waals surface area (Å²) in [6, 6.07) is 4.40. The molecular formula is C18H18F6N2O3S2. The minimum Gasteiger partial charge on any atom is -0.353 e. The molecule has 1 aliphatic heterocycles. The molecule has 0 saturated carbocycles. The Kier molecular flexibility index (Phi) is 7.71. The van der Waals surface area contributed by atoms with E-state index in [9.17, 15) is 31.1 Å². The van der Waals surface area contributed by atoms with Crippen molar-refractivity contribution in [2.75, 3.05) is 24.3 Å². The molecule has 2 heterocycles. The molecule has 172 valence electrons. The zero-order valence-electron chi connectivity index (χ0n) is 15.9. The number of carbonyl (C=O) groups is 1. The average molecular weight is 488 g/mol. The Morgan fingerprint density at radius 1 is 1.19 bits per heavy atom. The number of anilines is 1. The highest BCUT2D eigenvalue weighted by molar-refractivity contribution is 8.01. The van der Waals surface area contributed by atoms with E-state index in [0.717, 1.165) is 10.8 Å². The Balaban J connectivity index is 1.58. The van der Waals surface area contributed by atoms with Gasteiger partial charge in [0.15, 0.2) is 16.5 Å². The number of thiazole rings is 1. The van der Waals surface area contributed by atoms with Gasteiger partial charge < -0.3 is 14.8 Å². The van der Waals surface area contributed by atoms with Crippen LogP contribution in [0.25, 0.3) is 10.2 Å². The number of rotatable bonds is 7. The van der Waals surface area contributed by atoms with Crippen LogP contribution in [0, 0.1) is 5.92 Å². The Morgan fingerprint density at radius 2 is 1.87 bits per heavy atom. The quantitative estimate of drug-likeness (QED) is 0.406. The van der Waals surface area contributed by atoms with Gasteiger partial charge in [0.2, 0.25) is 5.91 Å². The van der Waals surface area contributed by atoms with Gasteiger partial charge in [-0.3, -0.25) is 4.79 Å². The zero-order valence-corrected chi connectivity index (χ0v) is 17.5. The maximum absolute atomic E-state index is 12.6. The van der Waals surface area contributed by atoms with Gasteiger partial charge in [-0.25, -0.2) is 4.98 Å². The van der Waals surface area contributed by atoms with E-state index < -0.39 is 30.6 Å². The summed E-state index contributed by atoms with van der Waals surface area (Å²) in [5.41, 5.74) is 0.712. The first-order chi connectivity index (χ1) is 14.5. The molecule has 1 saturated heterocycles. The number of amides is 1. The second-order valence-corrected chi connectivity index (χ2v) is 9.08. The minimum absolute atomic E-state index is 0.102. The van der Waals surface area contributed by atoms with E-state index in [4.69, 9.17) is 9.47 Å². The number of ether oxygens (including phenoxy) is 2. The first kappa shape index (κ1) is 24.1. The molecule has 0 aliphatic carbocycles. The Bertz CT molecular complexity index is 883. The summed E-state index contributed by atoms with van der Waals surface area (Å²) in [7, 11) is 0. The van der Waals surface area contributed by atoms with Crippen LogP contribution in [0.4, 0.5) is 32.0 Å². The number of fused-ring (bicyclic) bond motifs is 1. The lowest BCUT2D eigenvalue weighted by atomic mass is 10.0. The van der Waals surface area contributed by atoms with Crippen LogP contribution in [0.15, 0.2) is 22.5 Å². The van der Waals surface area contributed by atoms with Crippen molar-refractivity contribution in [3.05, 3.63) is 18.2 Å². The topological polar surface area (TPSA) is 60.5 Å². The van der Waals surface area contributed by atoms with E-state index in [-0.39, 0.29) is 12.0 Å². The van der Waals surface area contributed by atoms with Crippen LogP contribution in [0.2, 0.25) is 0 Å². The van der Waals surface area contributed by atoms with E-state index in [0.29, 0.717) is 35.6 Å². The third-order valence-corrected chi connectivity index (χ3v) is 6.50. The molecule has 1 fully saturated rings. The molecule has 2 aromatic rings. The van der Waals surface area contributed by atoms with Crippen molar-refractivity contribution in [3.63, 3.8) is 0 Å². The van der Waals surface area contributed by atoms with E-state index in [1.807, 2.05) is 0 Å². The second-order valence-electron chi connectivity index (χ2n) is 6.71. The molecule has 1 N–H and O–H groups in total. The van der Waals surface area contributed by atoms with Crippen LogP contribution in [0.1, 0.15) is 19.3 Å². The number of aromatic nitrogens is 1. The summed E-state index contributed by atoms with van der Waals surface area (Å²) >= 11 is 2.79. The highest BCUT2D eigenvalue weighted by atomic mass is 32.2. The van der Waals surface area contributed by atoms with E-state index >= 15 is 0 Å². The molecule has 5 nitrogen and oxygen atoms in total. The summed E-state index contributed by atoms with van der Waals surface area (Å²) in [5.74, 6) is -4.39. The normalized spacial score (nSPS) is 16.2. The lowest BCUT2D eigenvalue weighted by Gasteiger charge is -2.22. The molecule has 0 bridgehead atoms. The zero-order chi connectivity index (χ0) is 22.6. The number of nitrogens with zero attached hydrogens (tertiary/aromatic N) is 1. The first-order valence-corrected chi connectivity index (χ1v) is 11.0. The fourth-order valence-corrected chi connectivity index (χ4v) is 4.94. The fraction of sp³-hybridized carbons (Fsp3) is 0.556. The molecule has 1 aromatic carbocycles. The lowest BCUT2D eigenvalue weighted by molar-refractivity contribution is -0.283. The summed E-state index contributed by atoms with van der Waals surface area (Å²) in [6.45, 7) is 1.33. The average Bonchev–Trinajstić information content (AvgIpc) is 3.07. The van der Waals surface area contributed by atoms with Gasteiger partial charge in [0.25, 0.3) is 0 Å². The molecule has 0 radical (unpaired) electrons. The van der Waals surface area contributed by atoms with Crippen molar-refractivity contribution in [1.82, 2.24) is 4.98 Å². The number of nitrogens with one attached hydrogen (secondary N) is 1. The van der Waals surface area contributed by atoms with E-state index in [1.165, 1.54) is 35.2 Å². The van der Waals surface area contributed by atoms with Crippen LogP contribution >= 0.6 is 23.1 Å². The van der Waals surface area contributed by atoms with Gasteiger partial charge in [0.05, 0.1) is 23.4 Å². The minimum atomic E-state index is -5.56. The molecule has 3 rings (SSSR count). The predicted molar refractivity (Wildman–Crippen MR) is 104 cm³/mol. The summed E-state index contributed by atoms with van der Waals surface area (Å²) in [5, 5.41) is 2.10. The number of benzene rings is 1. The fourth-order valence-electron chi connectivity index (χ4n) is 2.80. The van der Waals surface area contributed by atoms with Crippen LogP contribution in [0.3, 0.4) is 0 Å². The highest BCUT2D eigenvalue weighted by Gasteiger charge is 2.57. The Labute approximate surface area is 181 Å². The van der Waals surface area contributed by atoms with Crippen molar-refractivity contribution in [2.45, 2.75) is 42.2 Å². The van der Waals surface area contributed by atoms with Gasteiger partial charge in [-0.1, -0.05) is 11.8 Å². The third-order valence-electron chi connectivity index (χ3n) is 4.31. The molecule has 0 atom stereocenters. The van der Waals surface area contributed by atoms with Crippen molar-refractivity contribution in [1.29, 1.82) is 0 Å². The summed E-state index contributed by atoms with van der Waals surface area (Å²) in [4.78, 5) is 16.2. The standard InChI is InChI=1S/C18H18F6N2O3S2/c19-17(20,21)13(18(22,23)24)9-14(27)25-10-2-3-11-12(8-10)31-16(26-11)30-7-4-15-28-5-1-6-29-15/h2-3,8,13,15H,1,4-7,9H2,(H,25,27). The Hall–Kier alpha value is -1.57. The van der Waals surface area contributed by atoms with Crippen molar-refractivity contribution < 1.29 is 40.6 Å². The molecule has 0 unspecified atom stereocenters. The predicted octanol–water partition coefficient (Wildman–Crippen LogP) is 5.61. The number of carbonyl (C=O) groups excluding carboxylic acids is 1. The largest absolute Gasteiger partial charge is 0.400 e. The maximum atomic E-state index is 12.6. The SMILES string of the molecule is O=C(CC(C(F)(F)F)C(F)(F)F)Nc1ccc2nc(SCCC3OCCCO3)sc2c1. The van der Waals surface area contributed by atoms with E-state index in [2.05, 4.69) is 10.3 Å². The van der Waals surface area contributed by atoms with Gasteiger partial charge in [0.1, 0.15) is 0 Å². The van der Waals surface area contributed by atoms with Crippen LogP contribution in [0.5, 0.6) is 0 Å². The monoisotopic (exact) mass is 488 g/mol. The smallest absolute Gasteiger partial charge is 0.353 e. The molecule has 1 aliphatic rings. The number of thioether (sulfide) groups is 1. The van der Waals surface area contributed by atoms with E-state index in [1.54, 1.807) is 6.07 Å². The highest BCUT2D eigenvalue weighted by Crippen LogP contribution is 2.41. The van der Waals surface area contributed by atoms with Gasteiger partial charge in [-0.15, -0.1) is 11.3 Å². The molecule has 1 aromatic heterocycles. The third kappa shape index (κ3) is 6.96. The molecule has 13 heteroatoms. The first-order valence-electron chi connectivity index (χ1n) is 9.22. The van der Waals surface area contributed by atoms with Gasteiger partial charge >= 0.3 is 12.4 Å². The number of alkyl halides is 6. The maximum Gasteiger partial charge on any atom is 0.400 e. The molecule has 1 amide bonds. The number of hydrogen-bond acceptors (Lipinski definition) is 6. The van der Waals surface area contributed by atoms with Gasteiger partial charge in [-0.2, -0.15) is 26.3 Å². The van der Waals surface area contributed by atoms with Crippen molar-refractivity contribution >= 4 is 44.9 Å². The van der Waals surface area contributed by atoms with Gasteiger partial charge in [0, 0.05) is 24.3 Å². The van der Waals surface area contributed by atoms with Crippen molar-refractivity contribution in [2.24, 2.45) is 5.92 Å². The molecular weight excluding hydrogens is 470 g/mol. The number of halogens is 6. The van der Waals surface area contributed by atoms with Crippen LogP contribution in [-0.4, -0.2) is 48.5 Å². The summed E-state index contributed by atoms with van der Waals surface area (Å²) in [6.07, 6.45) is -11.5. The summed E-state index contributed by atoms with van der Waals surface area (Å²) < 4.78 is 88.0. The molecule has 31 heavy (non-hydrogen) atoms.